The standard InChI is InChI=1S/C21H16ClN3O3S/c1-28-18-9-6-12(21-24-16-4-2-3-5-19(16)29-21)10-17(18)23-20(26)14-8-7-13(25-27)11-15(14)22/h2-11,25,27H,1H3,(H,23,26). The van der Waals surface area contributed by atoms with E-state index in [-0.39, 0.29) is 16.5 Å². The second kappa shape index (κ2) is 8.08. The van der Waals surface area contributed by atoms with Crippen LogP contribution in [0.5, 0.6) is 5.75 Å². The third kappa shape index (κ3) is 3.88. The predicted molar refractivity (Wildman–Crippen MR) is 116 cm³/mol. The number of nitrogens with zero attached hydrogens (tertiary/aromatic N) is 1. The summed E-state index contributed by atoms with van der Waals surface area (Å²) in [4.78, 5) is 17.4. The third-order valence-corrected chi connectivity index (χ3v) is 5.73. The Labute approximate surface area is 175 Å². The molecule has 146 valence electrons. The highest BCUT2D eigenvalue weighted by Gasteiger charge is 2.15. The highest BCUT2D eigenvalue weighted by atomic mass is 35.5. The Bertz CT molecular complexity index is 1180. The SMILES string of the molecule is COc1ccc(-c2nc3ccccc3s2)cc1NC(=O)c1ccc(NO)cc1Cl. The molecule has 0 aliphatic heterocycles. The van der Waals surface area contributed by atoms with E-state index in [9.17, 15) is 4.79 Å². The molecule has 0 saturated heterocycles. The monoisotopic (exact) mass is 425 g/mol. The van der Waals surface area contributed by atoms with Crippen LogP contribution in [-0.2, 0) is 0 Å². The molecule has 0 spiro atoms. The van der Waals surface area contributed by atoms with Crippen LogP contribution in [0.15, 0.2) is 60.7 Å². The zero-order valence-electron chi connectivity index (χ0n) is 15.3. The molecule has 1 amide bonds. The number of carbonyl (C=O) groups is 1. The minimum Gasteiger partial charge on any atom is -0.495 e. The molecule has 0 bridgehead atoms. The van der Waals surface area contributed by atoms with Gasteiger partial charge in [-0.05, 0) is 48.5 Å². The van der Waals surface area contributed by atoms with Crippen LogP contribution in [0.2, 0.25) is 5.02 Å². The minimum atomic E-state index is -0.390. The number of halogens is 1. The van der Waals surface area contributed by atoms with Crippen molar-refractivity contribution >= 4 is 50.4 Å². The van der Waals surface area contributed by atoms with Crippen molar-refractivity contribution in [1.29, 1.82) is 0 Å². The second-order valence-corrected chi connectivity index (χ2v) is 7.60. The fourth-order valence-corrected chi connectivity index (χ4v) is 4.12. The zero-order valence-corrected chi connectivity index (χ0v) is 16.8. The van der Waals surface area contributed by atoms with Gasteiger partial charge in [-0.25, -0.2) is 4.98 Å². The lowest BCUT2D eigenvalue weighted by Crippen LogP contribution is -2.13. The number of benzene rings is 3. The normalized spacial score (nSPS) is 10.7. The number of anilines is 2. The van der Waals surface area contributed by atoms with E-state index in [4.69, 9.17) is 21.5 Å². The quantitative estimate of drug-likeness (QED) is 0.358. The maximum atomic E-state index is 12.7. The number of hydrogen-bond donors (Lipinski definition) is 3. The number of aromatic nitrogens is 1. The number of carbonyl (C=O) groups excluding carboxylic acids is 1. The molecular formula is C21H16ClN3O3S. The van der Waals surface area contributed by atoms with Crippen molar-refractivity contribution < 1.29 is 14.7 Å². The molecule has 4 aromatic rings. The largest absolute Gasteiger partial charge is 0.495 e. The number of ether oxygens (including phenoxy) is 1. The lowest BCUT2D eigenvalue weighted by Gasteiger charge is -2.12. The van der Waals surface area contributed by atoms with Gasteiger partial charge in [0.25, 0.3) is 5.91 Å². The van der Waals surface area contributed by atoms with Crippen LogP contribution >= 0.6 is 22.9 Å². The summed E-state index contributed by atoms with van der Waals surface area (Å²) < 4.78 is 6.48. The Hall–Kier alpha value is -3.13. The molecule has 29 heavy (non-hydrogen) atoms. The zero-order chi connectivity index (χ0) is 20.4. The average Bonchev–Trinajstić information content (AvgIpc) is 3.17. The van der Waals surface area contributed by atoms with Gasteiger partial charge >= 0.3 is 0 Å². The molecule has 0 fully saturated rings. The first kappa shape index (κ1) is 19.2. The molecule has 8 heteroatoms. The Morgan fingerprint density at radius 3 is 2.69 bits per heavy atom. The first-order valence-corrected chi connectivity index (χ1v) is 9.83. The minimum absolute atomic E-state index is 0.211. The molecule has 1 aromatic heterocycles. The Morgan fingerprint density at radius 2 is 1.97 bits per heavy atom. The number of thiazole rings is 1. The maximum absolute atomic E-state index is 12.7. The highest BCUT2D eigenvalue weighted by molar-refractivity contribution is 7.21. The van der Waals surface area contributed by atoms with Gasteiger partial charge in [0, 0.05) is 5.56 Å². The molecule has 6 nitrogen and oxygen atoms in total. The Kier molecular flexibility index (Phi) is 5.35. The van der Waals surface area contributed by atoms with Crippen LogP contribution in [0.25, 0.3) is 20.8 Å². The van der Waals surface area contributed by atoms with E-state index in [1.165, 1.54) is 19.2 Å². The van der Waals surface area contributed by atoms with E-state index in [0.717, 1.165) is 20.8 Å². The van der Waals surface area contributed by atoms with Gasteiger partial charge < -0.3 is 10.1 Å². The predicted octanol–water partition coefficient (Wildman–Crippen LogP) is 5.68. The third-order valence-electron chi connectivity index (χ3n) is 4.33. The summed E-state index contributed by atoms with van der Waals surface area (Å²) in [6, 6.07) is 18.0. The van der Waals surface area contributed by atoms with Crippen molar-refractivity contribution in [2.45, 2.75) is 0 Å². The Balaban J connectivity index is 1.67. The van der Waals surface area contributed by atoms with Gasteiger partial charge in [-0.1, -0.05) is 23.7 Å². The van der Waals surface area contributed by atoms with Crippen LogP contribution in [0, 0.1) is 0 Å². The topological polar surface area (TPSA) is 83.5 Å². The molecule has 3 N–H and O–H groups in total. The number of rotatable bonds is 5. The summed E-state index contributed by atoms with van der Waals surface area (Å²) in [5.74, 6) is 0.132. The summed E-state index contributed by atoms with van der Waals surface area (Å²) in [7, 11) is 1.54. The fraction of sp³-hybridized carbons (Fsp3) is 0.0476. The van der Waals surface area contributed by atoms with Crippen LogP contribution in [0.1, 0.15) is 10.4 Å². The van der Waals surface area contributed by atoms with Crippen molar-refractivity contribution in [1.82, 2.24) is 4.98 Å². The van der Waals surface area contributed by atoms with Crippen molar-refractivity contribution in [3.8, 4) is 16.3 Å². The van der Waals surface area contributed by atoms with E-state index in [1.54, 1.807) is 23.5 Å². The fourth-order valence-electron chi connectivity index (χ4n) is 2.89. The molecule has 0 atom stereocenters. The lowest BCUT2D eigenvalue weighted by molar-refractivity contribution is 0.102. The number of methoxy groups -OCH3 is 1. The van der Waals surface area contributed by atoms with E-state index < -0.39 is 0 Å². The van der Waals surface area contributed by atoms with E-state index >= 15 is 0 Å². The maximum Gasteiger partial charge on any atom is 0.257 e. The smallest absolute Gasteiger partial charge is 0.257 e. The van der Waals surface area contributed by atoms with Crippen LogP contribution in [0.3, 0.4) is 0 Å². The molecule has 0 aliphatic rings. The van der Waals surface area contributed by atoms with E-state index in [2.05, 4.69) is 10.3 Å². The van der Waals surface area contributed by atoms with E-state index in [0.29, 0.717) is 17.1 Å². The highest BCUT2D eigenvalue weighted by Crippen LogP contribution is 2.35. The summed E-state index contributed by atoms with van der Waals surface area (Å²) in [5.41, 5.74) is 4.97. The first-order valence-electron chi connectivity index (χ1n) is 8.64. The van der Waals surface area contributed by atoms with Crippen LogP contribution in [0.4, 0.5) is 11.4 Å². The number of hydrogen-bond acceptors (Lipinski definition) is 6. The van der Waals surface area contributed by atoms with Crippen molar-refractivity contribution in [3.05, 3.63) is 71.2 Å². The van der Waals surface area contributed by atoms with E-state index in [1.807, 2.05) is 41.9 Å². The summed E-state index contributed by atoms with van der Waals surface area (Å²) >= 11 is 7.74. The molecule has 3 aromatic carbocycles. The average molecular weight is 426 g/mol. The number of fused-ring (bicyclic) bond motifs is 1. The number of para-hydroxylation sites is 1. The van der Waals surface area contributed by atoms with Crippen LogP contribution < -0.4 is 15.5 Å². The molecule has 0 radical (unpaired) electrons. The molecule has 1 heterocycles. The van der Waals surface area contributed by atoms with Crippen molar-refractivity contribution in [2.24, 2.45) is 0 Å². The molecule has 0 aliphatic carbocycles. The summed E-state index contributed by atoms with van der Waals surface area (Å²) in [6.07, 6.45) is 0. The van der Waals surface area contributed by atoms with Gasteiger partial charge in [0.2, 0.25) is 0 Å². The van der Waals surface area contributed by atoms with Crippen LogP contribution in [-0.4, -0.2) is 23.2 Å². The summed E-state index contributed by atoms with van der Waals surface area (Å²) in [5, 5.41) is 12.9. The van der Waals surface area contributed by atoms with Crippen molar-refractivity contribution in [3.63, 3.8) is 0 Å². The summed E-state index contributed by atoms with van der Waals surface area (Å²) in [6.45, 7) is 0. The lowest BCUT2D eigenvalue weighted by atomic mass is 10.1. The number of amides is 1. The molecule has 0 unspecified atom stereocenters. The molecule has 0 saturated carbocycles. The first-order chi connectivity index (χ1) is 14.1. The van der Waals surface area contributed by atoms with Gasteiger partial charge in [-0.15, -0.1) is 11.3 Å². The van der Waals surface area contributed by atoms with Gasteiger partial charge in [0.1, 0.15) is 10.8 Å². The van der Waals surface area contributed by atoms with Gasteiger partial charge in [-0.2, -0.15) is 0 Å². The second-order valence-electron chi connectivity index (χ2n) is 6.16. The Morgan fingerprint density at radius 1 is 1.14 bits per heavy atom. The molecule has 4 rings (SSSR count). The van der Waals surface area contributed by atoms with Gasteiger partial charge in [0.15, 0.2) is 0 Å². The number of nitrogens with one attached hydrogen (secondary N) is 2. The van der Waals surface area contributed by atoms with Gasteiger partial charge in [-0.3, -0.25) is 15.5 Å². The van der Waals surface area contributed by atoms with Gasteiger partial charge in [0.05, 0.1) is 39.3 Å². The van der Waals surface area contributed by atoms with Crippen molar-refractivity contribution in [2.75, 3.05) is 17.9 Å². The molecular weight excluding hydrogens is 410 g/mol.